The summed E-state index contributed by atoms with van der Waals surface area (Å²) in [4.78, 5) is 0. The molecule has 1 aliphatic carbocycles. The van der Waals surface area contributed by atoms with Crippen molar-refractivity contribution in [1.29, 1.82) is 0 Å². The van der Waals surface area contributed by atoms with Gasteiger partial charge in [-0.25, -0.2) is 0 Å². The van der Waals surface area contributed by atoms with Crippen LogP contribution in [-0.2, 0) is 18.9 Å². The maximum atomic E-state index is 6.55. The Bertz CT molecular complexity index is 338. The number of nitrogens with two attached hydrogens (primary N) is 2. The zero-order chi connectivity index (χ0) is 20.8. The second kappa shape index (κ2) is 15.6. The van der Waals surface area contributed by atoms with E-state index >= 15 is 0 Å². The van der Waals surface area contributed by atoms with E-state index in [1.807, 2.05) is 0 Å². The van der Waals surface area contributed by atoms with Crippen molar-refractivity contribution >= 4 is 0 Å². The van der Waals surface area contributed by atoms with Crippen molar-refractivity contribution in [2.45, 2.75) is 116 Å². The molecule has 4 N–H and O–H groups in total. The molecule has 1 fully saturated rings. The molecular weight excluding hydrogens is 356 g/mol. The van der Waals surface area contributed by atoms with E-state index in [9.17, 15) is 0 Å². The first-order valence-electron chi connectivity index (χ1n) is 11.6. The van der Waals surface area contributed by atoms with Crippen LogP contribution in [0.5, 0.6) is 0 Å². The SMILES string of the molecule is CCCCO[C@H]1[C@H](OCCCC)[C@@H](OCCCC)[C@@H](N)[C@@H](N)[C@@H]1OCCCC. The second-order valence-electron chi connectivity index (χ2n) is 7.91. The van der Waals surface area contributed by atoms with Gasteiger partial charge in [0.15, 0.2) is 0 Å². The monoisotopic (exact) mass is 402 g/mol. The summed E-state index contributed by atoms with van der Waals surface area (Å²) in [5, 5.41) is 0. The van der Waals surface area contributed by atoms with E-state index in [1.165, 1.54) is 0 Å². The van der Waals surface area contributed by atoms with Crippen LogP contribution in [0, 0.1) is 0 Å². The molecule has 0 amide bonds. The predicted molar refractivity (Wildman–Crippen MR) is 115 cm³/mol. The number of unbranched alkanes of at least 4 members (excludes halogenated alkanes) is 4. The average Bonchev–Trinajstić information content (AvgIpc) is 2.69. The number of ether oxygens (including phenoxy) is 4. The van der Waals surface area contributed by atoms with E-state index in [0.717, 1.165) is 51.4 Å². The lowest BCUT2D eigenvalue weighted by Gasteiger charge is -2.48. The highest BCUT2D eigenvalue weighted by molar-refractivity contribution is 5.06. The lowest BCUT2D eigenvalue weighted by atomic mass is 9.81. The summed E-state index contributed by atoms with van der Waals surface area (Å²) >= 11 is 0. The first kappa shape index (κ1) is 25.8. The summed E-state index contributed by atoms with van der Waals surface area (Å²) in [5.74, 6) is 0. The van der Waals surface area contributed by atoms with Crippen molar-refractivity contribution in [3.63, 3.8) is 0 Å². The van der Waals surface area contributed by atoms with Crippen LogP contribution in [0.1, 0.15) is 79.1 Å². The minimum absolute atomic E-state index is 0.248. The molecule has 6 heteroatoms. The predicted octanol–water partition coefficient (Wildman–Crippen LogP) is 3.40. The summed E-state index contributed by atoms with van der Waals surface area (Å²) in [6.07, 6.45) is 7.29. The summed E-state index contributed by atoms with van der Waals surface area (Å²) in [5.41, 5.74) is 13.1. The molecule has 0 radical (unpaired) electrons. The fraction of sp³-hybridized carbons (Fsp3) is 1.00. The van der Waals surface area contributed by atoms with Crippen molar-refractivity contribution in [3.8, 4) is 0 Å². The van der Waals surface area contributed by atoms with Crippen LogP contribution in [0.2, 0.25) is 0 Å². The fourth-order valence-electron chi connectivity index (χ4n) is 3.50. The summed E-state index contributed by atoms with van der Waals surface area (Å²) in [6, 6.07) is -0.665. The Balaban J connectivity index is 2.98. The second-order valence-corrected chi connectivity index (χ2v) is 7.91. The van der Waals surface area contributed by atoms with E-state index in [4.69, 9.17) is 30.4 Å². The van der Waals surface area contributed by atoms with Gasteiger partial charge in [0.25, 0.3) is 0 Å². The molecule has 1 saturated carbocycles. The van der Waals surface area contributed by atoms with Crippen LogP contribution < -0.4 is 11.5 Å². The zero-order valence-electron chi connectivity index (χ0n) is 18.7. The molecule has 0 aliphatic heterocycles. The van der Waals surface area contributed by atoms with E-state index in [0.29, 0.717) is 26.4 Å². The largest absolute Gasteiger partial charge is 0.374 e. The van der Waals surface area contributed by atoms with Gasteiger partial charge in [-0.2, -0.15) is 0 Å². The first-order chi connectivity index (χ1) is 13.6. The van der Waals surface area contributed by atoms with Crippen molar-refractivity contribution in [2.75, 3.05) is 26.4 Å². The van der Waals surface area contributed by atoms with Crippen LogP contribution in [-0.4, -0.2) is 62.9 Å². The van der Waals surface area contributed by atoms with E-state index in [-0.39, 0.29) is 36.5 Å². The maximum absolute atomic E-state index is 6.55. The molecule has 168 valence electrons. The van der Waals surface area contributed by atoms with Crippen molar-refractivity contribution in [2.24, 2.45) is 11.5 Å². The third-order valence-electron chi connectivity index (χ3n) is 5.41. The fourth-order valence-corrected chi connectivity index (χ4v) is 3.50. The molecule has 0 unspecified atom stereocenters. The molecule has 0 spiro atoms. The highest BCUT2D eigenvalue weighted by atomic mass is 16.6. The van der Waals surface area contributed by atoms with Gasteiger partial charge in [-0.1, -0.05) is 53.4 Å². The van der Waals surface area contributed by atoms with E-state index in [1.54, 1.807) is 0 Å². The first-order valence-corrected chi connectivity index (χ1v) is 11.6. The van der Waals surface area contributed by atoms with Crippen molar-refractivity contribution in [1.82, 2.24) is 0 Å². The molecule has 0 aromatic heterocycles. The Hall–Kier alpha value is -0.240. The van der Waals surface area contributed by atoms with Gasteiger partial charge in [-0.05, 0) is 25.7 Å². The summed E-state index contributed by atoms with van der Waals surface area (Å²) in [6.45, 7) is 11.3. The van der Waals surface area contributed by atoms with Gasteiger partial charge in [-0.3, -0.25) is 0 Å². The van der Waals surface area contributed by atoms with Gasteiger partial charge in [0.2, 0.25) is 0 Å². The van der Waals surface area contributed by atoms with Crippen LogP contribution in [0.3, 0.4) is 0 Å². The third kappa shape index (κ3) is 8.25. The molecule has 0 saturated heterocycles. The highest BCUT2D eigenvalue weighted by Crippen LogP contribution is 2.29. The molecule has 28 heavy (non-hydrogen) atoms. The van der Waals surface area contributed by atoms with Crippen molar-refractivity contribution in [3.05, 3.63) is 0 Å². The third-order valence-corrected chi connectivity index (χ3v) is 5.41. The average molecular weight is 403 g/mol. The van der Waals surface area contributed by atoms with E-state index < -0.39 is 0 Å². The van der Waals surface area contributed by atoms with Gasteiger partial charge in [0.05, 0.1) is 12.1 Å². The Morgan fingerprint density at radius 2 is 0.714 bits per heavy atom. The molecule has 6 atom stereocenters. The molecule has 0 aromatic rings. The van der Waals surface area contributed by atoms with Gasteiger partial charge in [-0.15, -0.1) is 0 Å². The Labute approximate surface area is 173 Å². The van der Waals surface area contributed by atoms with Crippen LogP contribution in [0.4, 0.5) is 0 Å². The van der Waals surface area contributed by atoms with Gasteiger partial charge < -0.3 is 30.4 Å². The van der Waals surface area contributed by atoms with Gasteiger partial charge >= 0.3 is 0 Å². The van der Waals surface area contributed by atoms with Crippen LogP contribution >= 0.6 is 0 Å². The van der Waals surface area contributed by atoms with Crippen LogP contribution in [0.25, 0.3) is 0 Å². The smallest absolute Gasteiger partial charge is 0.114 e. The normalized spacial score (nSPS) is 30.6. The summed E-state index contributed by atoms with van der Waals surface area (Å²) in [7, 11) is 0. The lowest BCUT2D eigenvalue weighted by molar-refractivity contribution is -0.213. The number of hydrogen-bond donors (Lipinski definition) is 2. The minimum Gasteiger partial charge on any atom is -0.374 e. The minimum atomic E-state index is -0.332. The summed E-state index contributed by atoms with van der Waals surface area (Å²) < 4.78 is 25.0. The van der Waals surface area contributed by atoms with Gasteiger partial charge in [0, 0.05) is 26.4 Å². The number of rotatable bonds is 16. The highest BCUT2D eigenvalue weighted by Gasteiger charge is 2.50. The molecule has 1 rings (SSSR count). The van der Waals surface area contributed by atoms with Gasteiger partial charge in [0.1, 0.15) is 24.4 Å². The molecule has 1 aliphatic rings. The van der Waals surface area contributed by atoms with Crippen LogP contribution in [0.15, 0.2) is 0 Å². The molecule has 0 bridgehead atoms. The van der Waals surface area contributed by atoms with E-state index in [2.05, 4.69) is 27.7 Å². The topological polar surface area (TPSA) is 89.0 Å². The Morgan fingerprint density at radius 3 is 0.964 bits per heavy atom. The maximum Gasteiger partial charge on any atom is 0.114 e. The molecular formula is C22H46N2O4. The standard InChI is InChI=1S/C22H46N2O4/c1-5-9-13-25-19-17(23)18(24)20(26-14-10-6-2)22(28-16-12-8-4)21(19)27-15-11-7-3/h17-22H,5-16,23-24H2,1-4H3/t17-,18+,19-,20-,21+,22+/m0/s1. The lowest BCUT2D eigenvalue weighted by Crippen LogP contribution is -2.71. The van der Waals surface area contributed by atoms with Crippen molar-refractivity contribution < 1.29 is 18.9 Å². The molecule has 0 aromatic carbocycles. The zero-order valence-corrected chi connectivity index (χ0v) is 18.7. The quantitative estimate of drug-likeness (QED) is 0.385. The molecule has 6 nitrogen and oxygen atoms in total. The molecule has 0 heterocycles. The Kier molecular flexibility index (Phi) is 14.4. The Morgan fingerprint density at radius 1 is 0.464 bits per heavy atom. The number of hydrogen-bond acceptors (Lipinski definition) is 6.